The molecule has 1 unspecified atom stereocenters. The molecule has 2 aromatic rings. The van der Waals surface area contributed by atoms with Crippen LogP contribution in [0.2, 0.25) is 0 Å². The van der Waals surface area contributed by atoms with Crippen LogP contribution in [0.3, 0.4) is 0 Å². The molecule has 2 rings (SSSR count). The van der Waals surface area contributed by atoms with E-state index in [2.05, 4.69) is 23.7 Å². The van der Waals surface area contributed by atoms with Crippen molar-refractivity contribution in [1.82, 2.24) is 5.32 Å². The van der Waals surface area contributed by atoms with Gasteiger partial charge in [-0.3, -0.25) is 0 Å². The van der Waals surface area contributed by atoms with Gasteiger partial charge in [-0.2, -0.15) is 0 Å². The Hall–Kier alpha value is -1.56. The standard InChI is InChI=1S/C16H21NO3S/c1-12-6-7-21-16(12)10-17-9-13(18)11-20-15-5-3-4-14(8-15)19-2/h3-8,13,17-18H,9-11H2,1-2H3. The fraction of sp³-hybridized carbons (Fsp3) is 0.375. The lowest BCUT2D eigenvalue weighted by Gasteiger charge is -2.13. The second kappa shape index (κ2) is 8.02. The normalized spacial score (nSPS) is 12.1. The van der Waals surface area contributed by atoms with E-state index >= 15 is 0 Å². The number of methoxy groups -OCH3 is 1. The number of benzene rings is 1. The molecular weight excluding hydrogens is 286 g/mol. The first-order valence-corrected chi connectivity index (χ1v) is 7.75. The monoisotopic (exact) mass is 307 g/mol. The molecule has 0 spiro atoms. The Morgan fingerprint density at radius 3 is 2.81 bits per heavy atom. The van der Waals surface area contributed by atoms with Crippen molar-refractivity contribution in [3.05, 3.63) is 46.2 Å². The van der Waals surface area contributed by atoms with E-state index in [1.165, 1.54) is 10.4 Å². The predicted octanol–water partition coefficient (Wildman–Crippen LogP) is 2.59. The molecule has 0 aliphatic carbocycles. The van der Waals surface area contributed by atoms with Crippen molar-refractivity contribution in [3.63, 3.8) is 0 Å². The summed E-state index contributed by atoms with van der Waals surface area (Å²) in [6, 6.07) is 9.46. The summed E-state index contributed by atoms with van der Waals surface area (Å²) in [7, 11) is 1.62. The van der Waals surface area contributed by atoms with Gasteiger partial charge in [-0.05, 0) is 36.1 Å². The van der Waals surface area contributed by atoms with E-state index in [0.29, 0.717) is 12.3 Å². The number of aliphatic hydroxyl groups is 1. The highest BCUT2D eigenvalue weighted by molar-refractivity contribution is 7.10. The number of aliphatic hydroxyl groups excluding tert-OH is 1. The van der Waals surface area contributed by atoms with Crippen LogP contribution in [0.5, 0.6) is 11.5 Å². The lowest BCUT2D eigenvalue weighted by Crippen LogP contribution is -2.31. The van der Waals surface area contributed by atoms with Gasteiger partial charge >= 0.3 is 0 Å². The van der Waals surface area contributed by atoms with Crippen LogP contribution in [0.4, 0.5) is 0 Å². The van der Waals surface area contributed by atoms with Gasteiger partial charge in [0.2, 0.25) is 0 Å². The zero-order valence-corrected chi connectivity index (χ0v) is 13.2. The maximum absolute atomic E-state index is 9.92. The van der Waals surface area contributed by atoms with Crippen LogP contribution in [-0.2, 0) is 6.54 Å². The minimum Gasteiger partial charge on any atom is -0.497 e. The quantitative estimate of drug-likeness (QED) is 0.787. The number of thiophene rings is 1. The summed E-state index contributed by atoms with van der Waals surface area (Å²) in [5, 5.41) is 15.2. The van der Waals surface area contributed by atoms with Crippen LogP contribution in [-0.4, -0.2) is 31.5 Å². The van der Waals surface area contributed by atoms with Crippen molar-refractivity contribution < 1.29 is 14.6 Å². The van der Waals surface area contributed by atoms with Crippen LogP contribution in [0.1, 0.15) is 10.4 Å². The number of hydrogen-bond donors (Lipinski definition) is 2. The SMILES string of the molecule is COc1cccc(OCC(O)CNCc2sccc2C)c1. The van der Waals surface area contributed by atoms with Crippen LogP contribution in [0.15, 0.2) is 35.7 Å². The summed E-state index contributed by atoms with van der Waals surface area (Å²) in [4.78, 5) is 1.30. The Morgan fingerprint density at radius 1 is 1.29 bits per heavy atom. The predicted molar refractivity (Wildman–Crippen MR) is 85.3 cm³/mol. The number of ether oxygens (including phenoxy) is 2. The first-order chi connectivity index (χ1) is 10.2. The van der Waals surface area contributed by atoms with Gasteiger partial charge < -0.3 is 19.9 Å². The van der Waals surface area contributed by atoms with Crippen molar-refractivity contribution in [3.8, 4) is 11.5 Å². The van der Waals surface area contributed by atoms with Crippen LogP contribution >= 0.6 is 11.3 Å². The van der Waals surface area contributed by atoms with Gasteiger partial charge in [0.05, 0.1) is 7.11 Å². The zero-order chi connectivity index (χ0) is 15.1. The summed E-state index contributed by atoms with van der Waals surface area (Å²) >= 11 is 1.73. The number of aryl methyl sites for hydroxylation is 1. The molecular formula is C16H21NO3S. The second-order valence-electron chi connectivity index (χ2n) is 4.80. The number of rotatable bonds is 8. The van der Waals surface area contributed by atoms with Crippen molar-refractivity contribution in [1.29, 1.82) is 0 Å². The Bertz CT molecular complexity index is 556. The third-order valence-corrected chi connectivity index (χ3v) is 4.14. The van der Waals surface area contributed by atoms with E-state index in [9.17, 15) is 5.11 Å². The van der Waals surface area contributed by atoms with Crippen molar-refractivity contribution in [2.45, 2.75) is 19.6 Å². The van der Waals surface area contributed by atoms with Crippen molar-refractivity contribution in [2.24, 2.45) is 0 Å². The summed E-state index contributed by atoms with van der Waals surface area (Å²) < 4.78 is 10.7. The maximum Gasteiger partial charge on any atom is 0.123 e. The third kappa shape index (κ3) is 5.04. The molecule has 0 radical (unpaired) electrons. The molecule has 4 nitrogen and oxygen atoms in total. The molecule has 1 aromatic carbocycles. The molecule has 1 atom stereocenters. The molecule has 5 heteroatoms. The molecule has 0 aliphatic rings. The highest BCUT2D eigenvalue weighted by atomic mass is 32.1. The maximum atomic E-state index is 9.92. The van der Waals surface area contributed by atoms with Crippen LogP contribution in [0.25, 0.3) is 0 Å². The lowest BCUT2D eigenvalue weighted by molar-refractivity contribution is 0.106. The minimum absolute atomic E-state index is 0.254. The van der Waals surface area contributed by atoms with Gasteiger partial charge in [0.1, 0.15) is 24.2 Å². The molecule has 2 N–H and O–H groups in total. The highest BCUT2D eigenvalue weighted by Crippen LogP contribution is 2.19. The second-order valence-corrected chi connectivity index (χ2v) is 5.80. The molecule has 0 amide bonds. The fourth-order valence-corrected chi connectivity index (χ4v) is 2.76. The molecule has 21 heavy (non-hydrogen) atoms. The minimum atomic E-state index is -0.545. The van der Waals surface area contributed by atoms with E-state index in [1.54, 1.807) is 24.5 Å². The van der Waals surface area contributed by atoms with Gasteiger partial charge in [-0.15, -0.1) is 11.3 Å². The molecule has 0 saturated heterocycles. The lowest BCUT2D eigenvalue weighted by atomic mass is 10.3. The Morgan fingerprint density at radius 2 is 2.10 bits per heavy atom. The Kier molecular flexibility index (Phi) is 6.04. The van der Waals surface area contributed by atoms with E-state index in [4.69, 9.17) is 9.47 Å². The molecule has 114 valence electrons. The van der Waals surface area contributed by atoms with Gasteiger partial charge in [0.15, 0.2) is 0 Å². The number of nitrogens with one attached hydrogen (secondary N) is 1. The molecule has 0 bridgehead atoms. The summed E-state index contributed by atoms with van der Waals surface area (Å²) in [6.07, 6.45) is -0.545. The summed E-state index contributed by atoms with van der Waals surface area (Å²) in [6.45, 7) is 3.63. The highest BCUT2D eigenvalue weighted by Gasteiger charge is 2.06. The molecule has 1 heterocycles. The van der Waals surface area contributed by atoms with Crippen LogP contribution < -0.4 is 14.8 Å². The Balaban J connectivity index is 1.69. The molecule has 1 aromatic heterocycles. The van der Waals surface area contributed by atoms with Gasteiger partial charge in [0.25, 0.3) is 0 Å². The Labute approximate surface area is 129 Å². The van der Waals surface area contributed by atoms with E-state index < -0.39 is 6.10 Å². The smallest absolute Gasteiger partial charge is 0.123 e. The van der Waals surface area contributed by atoms with Gasteiger partial charge in [0, 0.05) is 24.0 Å². The molecule has 0 saturated carbocycles. The molecule has 0 fully saturated rings. The summed E-state index contributed by atoms with van der Waals surface area (Å²) in [5.41, 5.74) is 1.29. The third-order valence-electron chi connectivity index (χ3n) is 3.12. The first kappa shape index (κ1) is 15.8. The number of hydrogen-bond acceptors (Lipinski definition) is 5. The van der Waals surface area contributed by atoms with Gasteiger partial charge in [-0.1, -0.05) is 6.07 Å². The van der Waals surface area contributed by atoms with E-state index in [-0.39, 0.29) is 6.61 Å². The van der Waals surface area contributed by atoms with Crippen LogP contribution in [0, 0.1) is 6.92 Å². The van der Waals surface area contributed by atoms with E-state index in [0.717, 1.165) is 12.3 Å². The van der Waals surface area contributed by atoms with Crippen molar-refractivity contribution >= 4 is 11.3 Å². The van der Waals surface area contributed by atoms with E-state index in [1.807, 2.05) is 18.2 Å². The largest absolute Gasteiger partial charge is 0.497 e. The zero-order valence-electron chi connectivity index (χ0n) is 12.3. The van der Waals surface area contributed by atoms with Crippen molar-refractivity contribution in [2.75, 3.05) is 20.3 Å². The molecule has 0 aliphatic heterocycles. The summed E-state index contributed by atoms with van der Waals surface area (Å²) in [5.74, 6) is 1.44. The fourth-order valence-electron chi connectivity index (χ4n) is 1.88. The first-order valence-electron chi connectivity index (χ1n) is 6.87. The van der Waals surface area contributed by atoms with Gasteiger partial charge in [-0.25, -0.2) is 0 Å². The average molecular weight is 307 g/mol. The topological polar surface area (TPSA) is 50.7 Å². The average Bonchev–Trinajstić information content (AvgIpc) is 2.91.